The maximum atomic E-state index is 5.68. The fourth-order valence-corrected chi connectivity index (χ4v) is 2.86. The molecule has 0 radical (unpaired) electrons. The van der Waals surface area contributed by atoms with Crippen LogP contribution in [0, 0.1) is 0 Å². The average Bonchev–Trinajstić information content (AvgIpc) is 2.94. The zero-order valence-corrected chi connectivity index (χ0v) is 11.3. The smallest absolute Gasteiger partial charge is 0.257 e. The molecule has 2 N–H and O–H groups in total. The molecule has 0 fully saturated rings. The number of thioether (sulfide) groups is 1. The quantitative estimate of drug-likeness (QED) is 0.817. The van der Waals surface area contributed by atoms with E-state index >= 15 is 0 Å². The van der Waals surface area contributed by atoms with Crippen molar-refractivity contribution in [1.29, 1.82) is 0 Å². The molecule has 92 valence electrons. The summed E-state index contributed by atoms with van der Waals surface area (Å²) in [6, 6.07) is 4.21. The summed E-state index contributed by atoms with van der Waals surface area (Å²) in [6.45, 7) is 2.02. The SMILES string of the molecule is CC(N)CCSCc1nnc(-c2cccs2)o1. The van der Waals surface area contributed by atoms with E-state index in [4.69, 9.17) is 10.2 Å². The van der Waals surface area contributed by atoms with E-state index in [9.17, 15) is 0 Å². The van der Waals surface area contributed by atoms with Crippen molar-refractivity contribution in [2.75, 3.05) is 5.75 Å². The van der Waals surface area contributed by atoms with Gasteiger partial charge in [0.05, 0.1) is 10.6 Å². The minimum absolute atomic E-state index is 0.256. The van der Waals surface area contributed by atoms with Crippen molar-refractivity contribution >= 4 is 23.1 Å². The van der Waals surface area contributed by atoms with Gasteiger partial charge in [0.25, 0.3) is 5.89 Å². The molecular weight excluding hydrogens is 254 g/mol. The van der Waals surface area contributed by atoms with Gasteiger partial charge in [-0.05, 0) is 30.5 Å². The minimum Gasteiger partial charge on any atom is -0.419 e. The van der Waals surface area contributed by atoms with Crippen molar-refractivity contribution in [2.24, 2.45) is 5.73 Å². The molecule has 0 saturated heterocycles. The van der Waals surface area contributed by atoms with Crippen LogP contribution >= 0.6 is 23.1 Å². The van der Waals surface area contributed by atoms with Crippen molar-refractivity contribution in [3.05, 3.63) is 23.4 Å². The molecule has 0 aromatic carbocycles. The summed E-state index contributed by atoms with van der Waals surface area (Å²) in [6.07, 6.45) is 1.01. The van der Waals surface area contributed by atoms with E-state index in [1.165, 1.54) is 0 Å². The summed E-state index contributed by atoms with van der Waals surface area (Å²) in [4.78, 5) is 1.02. The van der Waals surface area contributed by atoms with Crippen LogP contribution in [0.15, 0.2) is 21.9 Å². The molecule has 4 nitrogen and oxygen atoms in total. The third-order valence-electron chi connectivity index (χ3n) is 2.14. The molecule has 1 unspecified atom stereocenters. The number of nitrogens with zero attached hydrogens (tertiary/aromatic N) is 2. The predicted octanol–water partition coefficient (Wildman–Crippen LogP) is 2.77. The molecule has 2 aromatic rings. The summed E-state index contributed by atoms with van der Waals surface area (Å²) >= 11 is 3.37. The van der Waals surface area contributed by atoms with E-state index in [0.717, 1.165) is 22.8 Å². The van der Waals surface area contributed by atoms with Crippen molar-refractivity contribution in [3.63, 3.8) is 0 Å². The molecule has 0 saturated carbocycles. The Kier molecular flexibility index (Phi) is 4.58. The molecule has 1 atom stereocenters. The van der Waals surface area contributed by atoms with E-state index in [2.05, 4.69) is 10.2 Å². The van der Waals surface area contributed by atoms with Gasteiger partial charge in [-0.25, -0.2) is 0 Å². The highest BCUT2D eigenvalue weighted by Gasteiger charge is 2.09. The fraction of sp³-hybridized carbons (Fsp3) is 0.455. The molecule has 6 heteroatoms. The van der Waals surface area contributed by atoms with E-state index in [0.29, 0.717) is 11.8 Å². The third-order valence-corrected chi connectivity index (χ3v) is 3.98. The second-order valence-electron chi connectivity index (χ2n) is 3.80. The fourth-order valence-electron chi connectivity index (χ4n) is 1.24. The lowest BCUT2D eigenvalue weighted by Crippen LogP contribution is -2.15. The predicted molar refractivity (Wildman–Crippen MR) is 72.0 cm³/mol. The molecule has 0 aliphatic rings. The lowest BCUT2D eigenvalue weighted by Gasteiger charge is -2.02. The van der Waals surface area contributed by atoms with Crippen molar-refractivity contribution in [1.82, 2.24) is 10.2 Å². The van der Waals surface area contributed by atoms with E-state index in [1.807, 2.05) is 24.4 Å². The molecule has 2 rings (SSSR count). The number of rotatable bonds is 6. The highest BCUT2D eigenvalue weighted by Crippen LogP contribution is 2.24. The first-order valence-corrected chi connectivity index (χ1v) is 7.48. The van der Waals surface area contributed by atoms with Crippen LogP contribution in [0.2, 0.25) is 0 Å². The monoisotopic (exact) mass is 269 g/mol. The number of aromatic nitrogens is 2. The Hall–Kier alpha value is -0.850. The number of hydrogen-bond acceptors (Lipinski definition) is 6. The van der Waals surface area contributed by atoms with Crippen LogP contribution in [-0.4, -0.2) is 22.0 Å². The van der Waals surface area contributed by atoms with Gasteiger partial charge in [0, 0.05) is 6.04 Å². The second-order valence-corrected chi connectivity index (χ2v) is 5.85. The summed E-state index contributed by atoms with van der Waals surface area (Å²) in [7, 11) is 0. The maximum absolute atomic E-state index is 5.68. The lowest BCUT2D eigenvalue weighted by molar-refractivity contribution is 0.529. The molecule has 2 aromatic heterocycles. The highest BCUT2D eigenvalue weighted by atomic mass is 32.2. The van der Waals surface area contributed by atoms with Crippen LogP contribution in [0.3, 0.4) is 0 Å². The Labute approximate surface area is 109 Å². The van der Waals surface area contributed by atoms with Crippen molar-refractivity contribution in [2.45, 2.75) is 25.1 Å². The van der Waals surface area contributed by atoms with Gasteiger partial charge < -0.3 is 10.2 Å². The maximum Gasteiger partial charge on any atom is 0.257 e. The van der Waals surface area contributed by atoms with Gasteiger partial charge in [0.2, 0.25) is 5.89 Å². The molecule has 17 heavy (non-hydrogen) atoms. The molecule has 0 bridgehead atoms. The molecule has 0 spiro atoms. The minimum atomic E-state index is 0.256. The molecular formula is C11H15N3OS2. The second kappa shape index (κ2) is 6.18. The van der Waals surface area contributed by atoms with E-state index in [-0.39, 0.29) is 6.04 Å². The van der Waals surface area contributed by atoms with Crippen LogP contribution in [0.25, 0.3) is 10.8 Å². The Morgan fingerprint density at radius 1 is 1.53 bits per heavy atom. The van der Waals surface area contributed by atoms with Crippen LogP contribution in [0.1, 0.15) is 19.2 Å². The Morgan fingerprint density at radius 2 is 2.41 bits per heavy atom. The van der Waals surface area contributed by atoms with Crippen LogP contribution in [0.4, 0.5) is 0 Å². The topological polar surface area (TPSA) is 64.9 Å². The standard InChI is InChI=1S/C11H15N3OS2/c1-8(12)4-6-16-7-10-13-14-11(15-10)9-3-2-5-17-9/h2-3,5,8H,4,6-7,12H2,1H3. The summed E-state index contributed by atoms with van der Waals surface area (Å²) in [5.74, 6) is 3.07. The first-order chi connectivity index (χ1) is 8.25. The van der Waals surface area contributed by atoms with Crippen molar-refractivity contribution < 1.29 is 4.42 Å². The Bertz CT molecular complexity index is 439. The zero-order chi connectivity index (χ0) is 12.1. The molecule has 0 aliphatic carbocycles. The summed E-state index contributed by atoms with van der Waals surface area (Å²) in [5, 5.41) is 10.1. The van der Waals surface area contributed by atoms with Gasteiger partial charge in [-0.15, -0.1) is 21.5 Å². The zero-order valence-electron chi connectivity index (χ0n) is 9.63. The van der Waals surface area contributed by atoms with Gasteiger partial charge in [-0.3, -0.25) is 0 Å². The van der Waals surface area contributed by atoms with Crippen LogP contribution in [-0.2, 0) is 5.75 Å². The lowest BCUT2D eigenvalue weighted by atomic mass is 10.3. The molecule has 0 aliphatic heterocycles. The van der Waals surface area contributed by atoms with Crippen LogP contribution < -0.4 is 5.73 Å². The van der Waals surface area contributed by atoms with E-state index in [1.54, 1.807) is 23.1 Å². The number of nitrogens with two attached hydrogens (primary N) is 1. The third kappa shape index (κ3) is 3.83. The normalized spacial score (nSPS) is 12.8. The largest absolute Gasteiger partial charge is 0.419 e. The average molecular weight is 269 g/mol. The van der Waals surface area contributed by atoms with Crippen LogP contribution in [0.5, 0.6) is 0 Å². The molecule has 2 heterocycles. The summed E-state index contributed by atoms with van der Waals surface area (Å²) < 4.78 is 5.57. The first kappa shape index (κ1) is 12.6. The van der Waals surface area contributed by atoms with Gasteiger partial charge in [0.1, 0.15) is 0 Å². The summed E-state index contributed by atoms with van der Waals surface area (Å²) in [5.41, 5.74) is 5.68. The Balaban J connectivity index is 1.83. The van der Waals surface area contributed by atoms with Gasteiger partial charge in [-0.1, -0.05) is 6.07 Å². The highest BCUT2D eigenvalue weighted by molar-refractivity contribution is 7.98. The van der Waals surface area contributed by atoms with Gasteiger partial charge >= 0.3 is 0 Å². The number of thiophene rings is 1. The van der Waals surface area contributed by atoms with Gasteiger partial charge in [0.15, 0.2) is 0 Å². The van der Waals surface area contributed by atoms with Gasteiger partial charge in [-0.2, -0.15) is 11.8 Å². The Morgan fingerprint density at radius 3 is 3.12 bits per heavy atom. The molecule has 0 amide bonds. The van der Waals surface area contributed by atoms with E-state index < -0.39 is 0 Å². The van der Waals surface area contributed by atoms with Crippen molar-refractivity contribution in [3.8, 4) is 10.8 Å². The first-order valence-electron chi connectivity index (χ1n) is 5.45. The number of hydrogen-bond donors (Lipinski definition) is 1.